The molecule has 6 heteroatoms. The zero-order valence-corrected chi connectivity index (χ0v) is 19.8. The number of fused-ring (bicyclic) bond motifs is 4. The Morgan fingerprint density at radius 2 is 1.89 bits per heavy atom. The predicted molar refractivity (Wildman–Crippen MR) is 145 cm³/mol. The van der Waals surface area contributed by atoms with Crippen molar-refractivity contribution in [3.63, 3.8) is 0 Å². The summed E-state index contributed by atoms with van der Waals surface area (Å²) in [6, 6.07) is 24.1. The summed E-state index contributed by atoms with van der Waals surface area (Å²) < 4.78 is 6.34. The predicted octanol–water partition coefficient (Wildman–Crippen LogP) is 6.36. The van der Waals surface area contributed by atoms with Crippen LogP contribution in [0.2, 0.25) is 0 Å². The Morgan fingerprint density at radius 1 is 0.971 bits per heavy atom. The fourth-order valence-corrected chi connectivity index (χ4v) is 6.25. The molecule has 3 aromatic rings. The minimum Gasteiger partial charge on any atom is -0.456 e. The monoisotopic (exact) mass is 477 g/mol. The molecule has 35 heavy (non-hydrogen) atoms. The van der Waals surface area contributed by atoms with Gasteiger partial charge in [-0.15, -0.1) is 11.8 Å². The Morgan fingerprint density at radius 3 is 2.83 bits per heavy atom. The molecule has 3 N–H and O–H groups in total. The maximum Gasteiger partial charge on any atom is 0.182 e. The fraction of sp³-hybridized carbons (Fsp3) is 0.138. The van der Waals surface area contributed by atoms with Gasteiger partial charge in [-0.2, -0.15) is 0 Å². The average Bonchev–Trinajstić information content (AvgIpc) is 3.31. The minimum absolute atomic E-state index is 0.0747. The third-order valence-electron chi connectivity index (χ3n) is 6.97. The van der Waals surface area contributed by atoms with Crippen LogP contribution in [0.4, 0.5) is 22.7 Å². The highest BCUT2D eigenvalue weighted by Gasteiger charge is 2.24. The van der Waals surface area contributed by atoms with Gasteiger partial charge in [0, 0.05) is 80.7 Å². The molecule has 0 atom stereocenters. The van der Waals surface area contributed by atoms with E-state index in [2.05, 4.69) is 58.7 Å². The summed E-state index contributed by atoms with van der Waals surface area (Å²) in [4.78, 5) is 15.8. The molecule has 0 bridgehead atoms. The van der Waals surface area contributed by atoms with Gasteiger partial charge in [0.05, 0.1) is 0 Å². The molecule has 4 aliphatic rings. The maximum atomic E-state index is 12.2. The molecule has 5 nitrogen and oxygen atoms in total. The van der Waals surface area contributed by atoms with Gasteiger partial charge in [-0.25, -0.2) is 0 Å². The summed E-state index contributed by atoms with van der Waals surface area (Å²) in [6.07, 6.45) is 1.02. The number of hydrogen-bond donors (Lipinski definition) is 2. The lowest BCUT2D eigenvalue weighted by Gasteiger charge is -2.23. The third-order valence-corrected chi connectivity index (χ3v) is 8.03. The van der Waals surface area contributed by atoms with Crippen LogP contribution >= 0.6 is 11.8 Å². The molecule has 3 heterocycles. The first kappa shape index (κ1) is 20.5. The van der Waals surface area contributed by atoms with Crippen molar-refractivity contribution in [2.24, 2.45) is 0 Å². The highest BCUT2D eigenvalue weighted by Crippen LogP contribution is 2.46. The molecule has 0 unspecified atom stereocenters. The molecule has 0 saturated carbocycles. The smallest absolute Gasteiger partial charge is 0.182 e. The van der Waals surface area contributed by atoms with Gasteiger partial charge >= 0.3 is 0 Å². The number of nitrogens with one attached hydrogen (secondary N) is 1. The quantitative estimate of drug-likeness (QED) is 0.228. The first-order chi connectivity index (χ1) is 17.2. The molecule has 0 amide bonds. The molecule has 0 fully saturated rings. The van der Waals surface area contributed by atoms with E-state index in [1.165, 1.54) is 16.1 Å². The van der Waals surface area contributed by atoms with E-state index in [1.807, 2.05) is 23.9 Å². The SMILES string of the molecule is Nc1cc2c(cc1-c1c3ccc(=O)cc-3oc3cc(N4CCc5ccccc54)ccc13)SCCN2. The van der Waals surface area contributed by atoms with Gasteiger partial charge in [-0.05, 0) is 54.4 Å². The van der Waals surface area contributed by atoms with Gasteiger partial charge < -0.3 is 20.4 Å². The average molecular weight is 478 g/mol. The summed E-state index contributed by atoms with van der Waals surface area (Å²) in [5, 5.41) is 4.42. The molecular weight excluding hydrogens is 454 g/mol. The van der Waals surface area contributed by atoms with Crippen molar-refractivity contribution in [3.05, 3.63) is 88.6 Å². The zero-order chi connectivity index (χ0) is 23.5. The van der Waals surface area contributed by atoms with Crippen molar-refractivity contribution in [1.29, 1.82) is 0 Å². The van der Waals surface area contributed by atoms with Gasteiger partial charge in [-0.3, -0.25) is 4.79 Å². The van der Waals surface area contributed by atoms with Crippen LogP contribution in [0.3, 0.4) is 0 Å². The number of thioether (sulfide) groups is 1. The second-order valence-electron chi connectivity index (χ2n) is 9.06. The lowest BCUT2D eigenvalue weighted by molar-refractivity contribution is 0.619. The van der Waals surface area contributed by atoms with E-state index < -0.39 is 0 Å². The van der Waals surface area contributed by atoms with Crippen molar-refractivity contribution >= 4 is 45.5 Å². The number of benzene rings is 4. The van der Waals surface area contributed by atoms with Gasteiger partial charge in [0.25, 0.3) is 0 Å². The fourth-order valence-electron chi connectivity index (χ4n) is 5.34. The number of para-hydroxylation sites is 1. The molecular formula is C29H23N3O2S. The van der Waals surface area contributed by atoms with Crippen LogP contribution < -0.4 is 21.4 Å². The van der Waals surface area contributed by atoms with Crippen LogP contribution in [0.15, 0.2) is 86.9 Å². The lowest BCUT2D eigenvalue weighted by Crippen LogP contribution is -2.13. The Balaban J connectivity index is 1.48. The van der Waals surface area contributed by atoms with E-state index in [-0.39, 0.29) is 5.43 Å². The molecule has 3 aromatic carbocycles. The molecule has 1 aliphatic carbocycles. The second-order valence-corrected chi connectivity index (χ2v) is 10.2. The van der Waals surface area contributed by atoms with E-state index in [0.717, 1.165) is 64.3 Å². The Bertz CT molecular complexity index is 1660. The Labute approximate surface area is 206 Å². The number of nitrogens with two attached hydrogens (primary N) is 1. The van der Waals surface area contributed by atoms with Crippen LogP contribution in [-0.2, 0) is 6.42 Å². The van der Waals surface area contributed by atoms with Crippen LogP contribution in [0.1, 0.15) is 5.56 Å². The van der Waals surface area contributed by atoms with E-state index in [9.17, 15) is 4.79 Å². The molecule has 0 spiro atoms. The standard InChI is InChI=1S/C29H23N3O2S/c30-23-16-24-28(35-12-10-31-24)15-22(23)29-20-7-5-18(32-11-9-17-3-1-2-4-25(17)32)13-26(20)34-27-14-19(33)6-8-21(27)29/h1-8,13-16,31H,9-12,30H2. The summed E-state index contributed by atoms with van der Waals surface area (Å²) >= 11 is 1.83. The van der Waals surface area contributed by atoms with Gasteiger partial charge in [0.1, 0.15) is 11.3 Å². The molecule has 7 rings (SSSR count). The normalized spacial score (nSPS) is 14.7. The highest BCUT2D eigenvalue weighted by molar-refractivity contribution is 7.99. The van der Waals surface area contributed by atoms with Gasteiger partial charge in [0.2, 0.25) is 0 Å². The first-order valence-electron chi connectivity index (χ1n) is 11.8. The topological polar surface area (TPSA) is 71.5 Å². The van der Waals surface area contributed by atoms with E-state index in [0.29, 0.717) is 11.4 Å². The van der Waals surface area contributed by atoms with E-state index in [4.69, 9.17) is 10.2 Å². The highest BCUT2D eigenvalue weighted by atomic mass is 32.2. The molecule has 172 valence electrons. The molecule has 0 saturated heterocycles. The Kier molecular flexibility index (Phi) is 4.57. The number of rotatable bonds is 2. The summed E-state index contributed by atoms with van der Waals surface area (Å²) in [5.74, 6) is 1.59. The lowest BCUT2D eigenvalue weighted by atomic mass is 9.92. The van der Waals surface area contributed by atoms with Crippen molar-refractivity contribution in [2.45, 2.75) is 11.3 Å². The van der Waals surface area contributed by atoms with E-state index in [1.54, 1.807) is 12.1 Å². The number of nitrogens with zero attached hydrogens (tertiary/aromatic N) is 1. The second kappa shape index (κ2) is 7.82. The third kappa shape index (κ3) is 3.28. The van der Waals surface area contributed by atoms with Gasteiger partial charge in [0.15, 0.2) is 5.43 Å². The van der Waals surface area contributed by atoms with Crippen LogP contribution in [0.5, 0.6) is 0 Å². The zero-order valence-electron chi connectivity index (χ0n) is 19.0. The van der Waals surface area contributed by atoms with Crippen molar-refractivity contribution in [1.82, 2.24) is 0 Å². The van der Waals surface area contributed by atoms with Crippen molar-refractivity contribution in [2.75, 3.05) is 34.8 Å². The maximum absolute atomic E-state index is 12.2. The van der Waals surface area contributed by atoms with Crippen molar-refractivity contribution in [3.8, 4) is 22.5 Å². The van der Waals surface area contributed by atoms with E-state index >= 15 is 0 Å². The largest absolute Gasteiger partial charge is 0.456 e. The summed E-state index contributed by atoms with van der Waals surface area (Å²) in [5.41, 5.74) is 15.6. The first-order valence-corrected chi connectivity index (χ1v) is 12.8. The summed E-state index contributed by atoms with van der Waals surface area (Å²) in [7, 11) is 0. The molecule has 0 aromatic heterocycles. The van der Waals surface area contributed by atoms with Crippen molar-refractivity contribution < 1.29 is 4.42 Å². The van der Waals surface area contributed by atoms with Crippen LogP contribution in [-0.4, -0.2) is 18.8 Å². The molecule has 0 radical (unpaired) electrons. The number of anilines is 4. The summed E-state index contributed by atoms with van der Waals surface area (Å²) in [6.45, 7) is 1.86. The molecule has 3 aliphatic heterocycles. The minimum atomic E-state index is -0.0747. The van der Waals surface area contributed by atoms with Gasteiger partial charge in [-0.1, -0.05) is 18.2 Å². The Hall–Kier alpha value is -3.90. The van der Waals surface area contributed by atoms with Crippen LogP contribution in [0.25, 0.3) is 33.4 Å². The number of nitrogen functional groups attached to an aromatic ring is 1. The van der Waals surface area contributed by atoms with Crippen LogP contribution in [0, 0.1) is 0 Å². The number of hydrogen-bond acceptors (Lipinski definition) is 6.